The average Bonchev–Trinajstić information content (AvgIpc) is 3.03. The highest BCUT2D eigenvalue weighted by Crippen LogP contribution is 2.29. The summed E-state index contributed by atoms with van der Waals surface area (Å²) in [5, 5.41) is 11.8. The second kappa shape index (κ2) is 8.70. The molecule has 1 aromatic rings. The van der Waals surface area contributed by atoms with Crippen molar-refractivity contribution in [1.82, 2.24) is 9.62 Å². The number of imide groups is 1. The number of β-amino-alcohol motifs (C(OH)–C–C–N with tert-alkyl or cyclic N) is 1. The summed E-state index contributed by atoms with van der Waals surface area (Å²) < 4.78 is 32.0. The molecule has 11 heteroatoms. The van der Waals surface area contributed by atoms with Crippen molar-refractivity contribution in [3.05, 3.63) is 29.8 Å². The number of sulfonamides is 1. The number of benzene rings is 1. The van der Waals surface area contributed by atoms with Gasteiger partial charge >= 0.3 is 12.0 Å². The van der Waals surface area contributed by atoms with E-state index in [9.17, 15) is 27.9 Å². The summed E-state index contributed by atoms with van der Waals surface area (Å²) in [7, 11) is -4.11. The molecule has 4 N–H and O–H groups in total. The van der Waals surface area contributed by atoms with Gasteiger partial charge in [-0.05, 0) is 30.0 Å². The van der Waals surface area contributed by atoms with E-state index in [4.69, 9.17) is 10.5 Å². The van der Waals surface area contributed by atoms with Crippen molar-refractivity contribution in [2.75, 3.05) is 6.54 Å². The molecule has 0 bridgehead atoms. The molecule has 1 aromatic carbocycles. The fraction of sp³-hybridized carbons (Fsp3) is 0.526. The van der Waals surface area contributed by atoms with E-state index in [0.29, 0.717) is 0 Å². The van der Waals surface area contributed by atoms with Gasteiger partial charge in [-0.3, -0.25) is 14.9 Å². The Morgan fingerprint density at radius 1 is 1.23 bits per heavy atom. The lowest BCUT2D eigenvalue weighted by Crippen LogP contribution is -2.46. The number of hydrogen-bond acceptors (Lipinski definition) is 7. The Balaban J connectivity index is 2.23. The highest BCUT2D eigenvalue weighted by Gasteiger charge is 2.45. The van der Waals surface area contributed by atoms with Gasteiger partial charge in [-0.2, -0.15) is 4.31 Å². The molecule has 166 valence electrons. The lowest BCUT2D eigenvalue weighted by Gasteiger charge is -2.24. The Morgan fingerprint density at radius 3 is 2.30 bits per heavy atom. The largest absolute Gasteiger partial charge is 0.451 e. The highest BCUT2D eigenvalue weighted by molar-refractivity contribution is 7.89. The van der Waals surface area contributed by atoms with Crippen LogP contribution in [0.3, 0.4) is 0 Å². The molecule has 0 spiro atoms. The highest BCUT2D eigenvalue weighted by atomic mass is 32.2. The molecule has 0 saturated carbocycles. The lowest BCUT2D eigenvalue weighted by atomic mass is 9.87. The molecule has 0 aromatic heterocycles. The summed E-state index contributed by atoms with van der Waals surface area (Å²) in [6.45, 7) is 6.91. The minimum atomic E-state index is -4.11. The maximum atomic E-state index is 13.1. The van der Waals surface area contributed by atoms with Gasteiger partial charge in [0, 0.05) is 13.0 Å². The van der Waals surface area contributed by atoms with Crippen molar-refractivity contribution in [2.45, 2.75) is 62.7 Å². The second-order valence-corrected chi connectivity index (χ2v) is 10.1. The Bertz CT molecular complexity index is 922. The summed E-state index contributed by atoms with van der Waals surface area (Å²) in [5.41, 5.74) is 5.62. The van der Waals surface area contributed by atoms with Crippen molar-refractivity contribution >= 4 is 27.9 Å². The molecule has 0 radical (unpaired) electrons. The van der Waals surface area contributed by atoms with Gasteiger partial charge in [0.25, 0.3) is 5.91 Å². The molecular formula is C19H27N3O7S. The minimum absolute atomic E-state index is 0.0260. The number of carbonyl (C=O) groups excluding carboxylic acids is 3. The van der Waals surface area contributed by atoms with Gasteiger partial charge in [0.1, 0.15) is 6.04 Å². The van der Waals surface area contributed by atoms with Crippen molar-refractivity contribution < 1.29 is 32.6 Å². The third-order valence-corrected chi connectivity index (χ3v) is 6.63. The fourth-order valence-corrected chi connectivity index (χ4v) is 4.68. The maximum Gasteiger partial charge on any atom is 0.325 e. The fourth-order valence-electron chi connectivity index (χ4n) is 3.06. The average molecular weight is 442 g/mol. The molecule has 1 aliphatic heterocycles. The van der Waals surface area contributed by atoms with Crippen LogP contribution < -0.4 is 11.1 Å². The molecule has 1 heterocycles. The predicted octanol–water partition coefficient (Wildman–Crippen LogP) is 0.235. The lowest BCUT2D eigenvalue weighted by molar-refractivity contribution is -0.157. The molecule has 2 unspecified atom stereocenters. The van der Waals surface area contributed by atoms with Crippen LogP contribution in [-0.2, 0) is 29.8 Å². The summed E-state index contributed by atoms with van der Waals surface area (Å²) in [6, 6.07) is 3.88. The van der Waals surface area contributed by atoms with Gasteiger partial charge < -0.3 is 15.6 Å². The van der Waals surface area contributed by atoms with Crippen LogP contribution in [0.5, 0.6) is 0 Å². The number of esters is 1. The number of nitrogens with one attached hydrogen (secondary N) is 1. The molecule has 1 fully saturated rings. The zero-order chi connectivity index (χ0) is 22.9. The number of amides is 3. The van der Waals surface area contributed by atoms with Crippen LogP contribution >= 0.6 is 0 Å². The van der Waals surface area contributed by atoms with E-state index >= 15 is 0 Å². The van der Waals surface area contributed by atoms with Crippen LogP contribution in [0.2, 0.25) is 0 Å². The topological polar surface area (TPSA) is 156 Å². The van der Waals surface area contributed by atoms with Crippen LogP contribution in [0, 0.1) is 0 Å². The Morgan fingerprint density at radius 2 is 1.80 bits per heavy atom. The third-order valence-electron chi connectivity index (χ3n) is 4.74. The van der Waals surface area contributed by atoms with Crippen molar-refractivity contribution in [1.29, 1.82) is 0 Å². The summed E-state index contributed by atoms with van der Waals surface area (Å²) in [6.07, 6.45) is -2.62. The van der Waals surface area contributed by atoms with E-state index in [1.807, 2.05) is 20.8 Å². The summed E-state index contributed by atoms with van der Waals surface area (Å²) in [4.78, 5) is 35.0. The van der Waals surface area contributed by atoms with Gasteiger partial charge in [0.2, 0.25) is 10.0 Å². The monoisotopic (exact) mass is 441 g/mol. The first kappa shape index (κ1) is 23.8. The predicted molar refractivity (Wildman–Crippen MR) is 107 cm³/mol. The Labute approximate surface area is 175 Å². The molecule has 0 aliphatic carbocycles. The molecule has 2 rings (SSSR count). The smallest absolute Gasteiger partial charge is 0.325 e. The number of carbonyl (C=O) groups is 3. The minimum Gasteiger partial charge on any atom is -0.451 e. The van der Waals surface area contributed by atoms with Crippen molar-refractivity contribution in [3.63, 3.8) is 0 Å². The number of aliphatic hydroxyl groups excluding tert-OH is 1. The molecule has 30 heavy (non-hydrogen) atoms. The van der Waals surface area contributed by atoms with Crippen molar-refractivity contribution in [3.8, 4) is 0 Å². The van der Waals surface area contributed by atoms with Gasteiger partial charge in [-0.15, -0.1) is 0 Å². The zero-order valence-corrected chi connectivity index (χ0v) is 18.1. The first-order chi connectivity index (χ1) is 13.7. The van der Waals surface area contributed by atoms with Gasteiger partial charge in [-0.25, -0.2) is 13.2 Å². The van der Waals surface area contributed by atoms with Gasteiger partial charge in [-0.1, -0.05) is 32.9 Å². The van der Waals surface area contributed by atoms with Crippen LogP contribution in [0.25, 0.3) is 0 Å². The molecular weight excluding hydrogens is 414 g/mol. The summed E-state index contributed by atoms with van der Waals surface area (Å²) >= 11 is 0. The Kier molecular flexibility index (Phi) is 6.90. The van der Waals surface area contributed by atoms with Crippen LogP contribution in [0.1, 0.15) is 39.7 Å². The molecule has 3 amide bonds. The quantitative estimate of drug-likeness (QED) is 0.552. The molecule has 1 saturated heterocycles. The number of nitrogens with zero attached hydrogens (tertiary/aromatic N) is 1. The van der Waals surface area contributed by atoms with E-state index < -0.39 is 46.2 Å². The maximum absolute atomic E-state index is 13.1. The SMILES string of the molecule is CC(OC(=O)[C@@H]1CC(O)CN1S(=O)(=O)c1ccc(C(C)(C)C)cc1)C(=O)NC(N)=O. The number of urea groups is 1. The van der Waals surface area contributed by atoms with Crippen LogP contribution in [0.15, 0.2) is 29.2 Å². The standard InChI is InChI=1S/C19H27N3O7S/c1-11(16(24)21-18(20)26)29-17(25)15-9-13(23)10-22(15)30(27,28)14-7-5-12(6-8-14)19(2,3)4/h5-8,11,13,15,23H,9-10H2,1-4H3,(H3,20,21,24,26)/t11?,13?,15-/m0/s1. The number of rotatable bonds is 5. The number of hydrogen-bond donors (Lipinski definition) is 3. The van der Waals surface area contributed by atoms with E-state index in [1.165, 1.54) is 19.1 Å². The van der Waals surface area contributed by atoms with E-state index in [2.05, 4.69) is 0 Å². The van der Waals surface area contributed by atoms with Crippen LogP contribution in [0.4, 0.5) is 4.79 Å². The van der Waals surface area contributed by atoms with Gasteiger partial charge in [0.15, 0.2) is 6.10 Å². The summed E-state index contributed by atoms with van der Waals surface area (Å²) in [5.74, 6) is -1.95. The second-order valence-electron chi connectivity index (χ2n) is 8.19. The molecule has 1 aliphatic rings. The number of aliphatic hydroxyl groups is 1. The van der Waals surface area contributed by atoms with Gasteiger partial charge in [0.05, 0.1) is 11.0 Å². The number of ether oxygens (including phenoxy) is 1. The number of primary amides is 1. The van der Waals surface area contributed by atoms with Crippen molar-refractivity contribution in [2.24, 2.45) is 5.73 Å². The third kappa shape index (κ3) is 5.35. The molecule has 10 nitrogen and oxygen atoms in total. The normalized spacial score (nSPS) is 21.1. The number of nitrogens with two attached hydrogens (primary N) is 1. The molecule has 3 atom stereocenters. The van der Waals surface area contributed by atoms with E-state index in [-0.39, 0.29) is 23.3 Å². The first-order valence-corrected chi connectivity index (χ1v) is 10.8. The zero-order valence-electron chi connectivity index (χ0n) is 17.3. The Hall–Kier alpha value is -2.50. The van der Waals surface area contributed by atoms with Crippen LogP contribution in [-0.4, -0.2) is 60.5 Å². The van der Waals surface area contributed by atoms with E-state index in [0.717, 1.165) is 9.87 Å². The first-order valence-electron chi connectivity index (χ1n) is 9.34. The van der Waals surface area contributed by atoms with E-state index in [1.54, 1.807) is 17.4 Å².